The van der Waals surface area contributed by atoms with Crippen molar-refractivity contribution in [1.82, 2.24) is 20.1 Å². The summed E-state index contributed by atoms with van der Waals surface area (Å²) < 4.78 is 15.8. The van der Waals surface area contributed by atoms with Gasteiger partial charge in [-0.3, -0.25) is 4.57 Å². The highest BCUT2D eigenvalue weighted by molar-refractivity contribution is 7.99. The average molecular weight is 308 g/mol. The van der Waals surface area contributed by atoms with E-state index in [0.717, 1.165) is 18.4 Å². The van der Waals surface area contributed by atoms with E-state index in [9.17, 15) is 9.18 Å². The molecule has 1 aliphatic rings. The lowest BCUT2D eigenvalue weighted by Gasteiger charge is -2.12. The molecule has 1 aromatic heterocycles. The maximum absolute atomic E-state index is 14.2. The van der Waals surface area contributed by atoms with Crippen LogP contribution in [0.25, 0.3) is 0 Å². The molecular formula is C14H17FN4OS. The number of halogens is 1. The van der Waals surface area contributed by atoms with Crippen molar-refractivity contribution in [3.05, 3.63) is 40.1 Å². The van der Waals surface area contributed by atoms with Gasteiger partial charge in [-0.2, -0.15) is 0 Å². The number of hydrogen-bond acceptors (Lipinski definition) is 4. The summed E-state index contributed by atoms with van der Waals surface area (Å²) in [5, 5.41) is 10.0. The molecule has 1 heterocycles. The van der Waals surface area contributed by atoms with Gasteiger partial charge in [-0.15, -0.1) is 5.10 Å². The van der Waals surface area contributed by atoms with Crippen molar-refractivity contribution < 1.29 is 4.39 Å². The molecule has 1 atom stereocenters. The van der Waals surface area contributed by atoms with Crippen LogP contribution in [0, 0.1) is 5.82 Å². The molecule has 1 unspecified atom stereocenters. The van der Waals surface area contributed by atoms with Gasteiger partial charge in [0.2, 0.25) is 0 Å². The van der Waals surface area contributed by atoms with E-state index in [1.165, 1.54) is 17.8 Å². The summed E-state index contributed by atoms with van der Waals surface area (Å²) in [6.07, 6.45) is 1.96. The fraction of sp³-hybridized carbons (Fsp3) is 0.429. The number of aromatic amines is 1. The van der Waals surface area contributed by atoms with Gasteiger partial charge >= 0.3 is 5.69 Å². The van der Waals surface area contributed by atoms with Gasteiger partial charge in [-0.05, 0) is 56.3 Å². The third-order valence-corrected chi connectivity index (χ3v) is 4.70. The van der Waals surface area contributed by atoms with Gasteiger partial charge in [0.05, 0.1) is 4.90 Å². The quantitative estimate of drug-likeness (QED) is 0.891. The van der Waals surface area contributed by atoms with Crippen LogP contribution in [0.4, 0.5) is 4.39 Å². The normalized spacial score (nSPS) is 16.1. The first-order valence-corrected chi connectivity index (χ1v) is 7.73. The summed E-state index contributed by atoms with van der Waals surface area (Å²) in [5.41, 5.74) is 0.668. The minimum Gasteiger partial charge on any atom is -0.313 e. The van der Waals surface area contributed by atoms with Gasteiger partial charge in [0.15, 0.2) is 5.16 Å². The molecule has 1 fully saturated rings. The first-order valence-electron chi connectivity index (χ1n) is 6.91. The Kier molecular flexibility index (Phi) is 3.86. The van der Waals surface area contributed by atoms with Crippen molar-refractivity contribution in [2.45, 2.75) is 41.9 Å². The number of nitrogens with zero attached hydrogens (tertiary/aromatic N) is 2. The molecule has 1 aliphatic carbocycles. The fourth-order valence-electron chi connectivity index (χ4n) is 2.15. The highest BCUT2D eigenvalue weighted by Crippen LogP contribution is 2.38. The Balaban J connectivity index is 1.87. The van der Waals surface area contributed by atoms with E-state index in [1.54, 1.807) is 10.6 Å². The smallest absolute Gasteiger partial charge is 0.313 e. The summed E-state index contributed by atoms with van der Waals surface area (Å²) >= 11 is 1.18. The third-order valence-electron chi connectivity index (χ3n) is 3.67. The van der Waals surface area contributed by atoms with Crippen LogP contribution in [0.1, 0.15) is 37.4 Å². The van der Waals surface area contributed by atoms with E-state index in [2.05, 4.69) is 15.5 Å². The van der Waals surface area contributed by atoms with Gasteiger partial charge in [0.25, 0.3) is 0 Å². The molecule has 0 radical (unpaired) electrons. The van der Waals surface area contributed by atoms with E-state index in [4.69, 9.17) is 0 Å². The van der Waals surface area contributed by atoms with Gasteiger partial charge in [-0.25, -0.2) is 14.3 Å². The Hall–Kier alpha value is -1.60. The number of hydrogen-bond donors (Lipinski definition) is 2. The third kappa shape index (κ3) is 2.89. The fourth-order valence-corrected chi connectivity index (χ4v) is 3.06. The molecular weight excluding hydrogens is 291 g/mol. The Bertz CT molecular complexity index is 707. The van der Waals surface area contributed by atoms with E-state index in [-0.39, 0.29) is 23.6 Å². The average Bonchev–Trinajstić information content (AvgIpc) is 3.24. The standard InChI is InChI=1S/C14H17FN4OS/c1-8(16-2)9-3-6-12(11(15)7-9)21-14-18-17-13(20)19(14)10-4-5-10/h3,6-8,10,16H,4-5H2,1-2H3,(H,17,20). The number of benzene rings is 1. The van der Waals surface area contributed by atoms with Crippen molar-refractivity contribution in [1.29, 1.82) is 0 Å². The number of rotatable bonds is 5. The predicted octanol–water partition coefficient (Wildman–Crippen LogP) is 2.48. The Labute approximate surface area is 125 Å². The summed E-state index contributed by atoms with van der Waals surface area (Å²) in [5.74, 6) is -0.294. The lowest BCUT2D eigenvalue weighted by Crippen LogP contribution is -2.16. The Morgan fingerprint density at radius 2 is 2.29 bits per heavy atom. The maximum atomic E-state index is 14.2. The van der Waals surface area contributed by atoms with Crippen molar-refractivity contribution in [2.24, 2.45) is 0 Å². The molecule has 2 aromatic rings. The summed E-state index contributed by atoms with van der Waals surface area (Å²) in [7, 11) is 1.84. The van der Waals surface area contributed by atoms with Gasteiger partial charge < -0.3 is 5.32 Å². The minimum absolute atomic E-state index is 0.0913. The van der Waals surface area contributed by atoms with Crippen LogP contribution in [0.3, 0.4) is 0 Å². The van der Waals surface area contributed by atoms with Crippen LogP contribution in [0.5, 0.6) is 0 Å². The second-order valence-electron chi connectivity index (χ2n) is 5.21. The molecule has 7 heteroatoms. The lowest BCUT2D eigenvalue weighted by molar-refractivity contribution is 0.585. The van der Waals surface area contributed by atoms with E-state index >= 15 is 0 Å². The van der Waals surface area contributed by atoms with Crippen molar-refractivity contribution in [3.8, 4) is 0 Å². The largest absolute Gasteiger partial charge is 0.344 e. The summed E-state index contributed by atoms with van der Waals surface area (Å²) in [6, 6.07) is 5.45. The summed E-state index contributed by atoms with van der Waals surface area (Å²) in [4.78, 5) is 12.2. The molecule has 1 saturated carbocycles. The molecule has 5 nitrogen and oxygen atoms in total. The molecule has 0 aliphatic heterocycles. The molecule has 1 aromatic carbocycles. The van der Waals surface area contributed by atoms with Crippen molar-refractivity contribution in [2.75, 3.05) is 7.05 Å². The molecule has 112 valence electrons. The van der Waals surface area contributed by atoms with Gasteiger partial charge in [-0.1, -0.05) is 6.07 Å². The van der Waals surface area contributed by atoms with E-state index in [1.807, 2.05) is 20.0 Å². The van der Waals surface area contributed by atoms with Crippen molar-refractivity contribution >= 4 is 11.8 Å². The van der Waals surface area contributed by atoms with E-state index < -0.39 is 0 Å². The zero-order chi connectivity index (χ0) is 15.0. The van der Waals surface area contributed by atoms with Crippen molar-refractivity contribution in [3.63, 3.8) is 0 Å². The predicted molar refractivity (Wildman–Crippen MR) is 79.1 cm³/mol. The zero-order valence-corrected chi connectivity index (χ0v) is 12.7. The molecule has 0 saturated heterocycles. The molecule has 0 amide bonds. The maximum Gasteiger partial charge on any atom is 0.344 e. The topological polar surface area (TPSA) is 62.7 Å². The molecule has 0 spiro atoms. The highest BCUT2D eigenvalue weighted by atomic mass is 32.2. The first kappa shape index (κ1) is 14.3. The first-order chi connectivity index (χ1) is 10.1. The van der Waals surface area contributed by atoms with Crippen LogP contribution in [-0.2, 0) is 0 Å². The lowest BCUT2D eigenvalue weighted by atomic mass is 10.1. The minimum atomic E-state index is -0.294. The van der Waals surface area contributed by atoms with Crippen LogP contribution >= 0.6 is 11.8 Å². The Morgan fingerprint density at radius 3 is 2.90 bits per heavy atom. The molecule has 3 rings (SSSR count). The second-order valence-corrected chi connectivity index (χ2v) is 6.22. The highest BCUT2D eigenvalue weighted by Gasteiger charge is 2.29. The summed E-state index contributed by atoms with van der Waals surface area (Å²) in [6.45, 7) is 1.97. The number of aromatic nitrogens is 3. The number of nitrogens with one attached hydrogen (secondary N) is 2. The SMILES string of the molecule is CNC(C)c1ccc(Sc2n[nH]c(=O)n2C2CC2)c(F)c1. The van der Waals surface area contributed by atoms with E-state index in [0.29, 0.717) is 10.1 Å². The molecule has 2 N–H and O–H groups in total. The van der Waals surface area contributed by atoms with Crippen LogP contribution in [0.2, 0.25) is 0 Å². The van der Waals surface area contributed by atoms with Crippen LogP contribution in [-0.4, -0.2) is 21.8 Å². The Morgan fingerprint density at radius 1 is 1.52 bits per heavy atom. The second kappa shape index (κ2) is 5.65. The number of H-pyrrole nitrogens is 1. The zero-order valence-electron chi connectivity index (χ0n) is 11.9. The molecule has 0 bridgehead atoms. The molecule has 21 heavy (non-hydrogen) atoms. The van der Waals surface area contributed by atoms with Crippen LogP contribution < -0.4 is 11.0 Å². The van der Waals surface area contributed by atoms with Crippen LogP contribution in [0.15, 0.2) is 33.0 Å². The van der Waals surface area contributed by atoms with Gasteiger partial charge in [0, 0.05) is 12.1 Å². The van der Waals surface area contributed by atoms with Gasteiger partial charge in [0.1, 0.15) is 5.82 Å². The monoisotopic (exact) mass is 308 g/mol.